The van der Waals surface area contributed by atoms with Crippen LogP contribution in [-0.2, 0) is 84.2 Å². The fraction of sp³-hybridized carbons (Fsp3) is 0.536. The van der Waals surface area contributed by atoms with Gasteiger partial charge in [-0.2, -0.15) is 0 Å². The smallest absolute Gasteiger partial charge is 0.335 e. The molecule has 6 aliphatic carbocycles. The van der Waals surface area contributed by atoms with E-state index >= 15 is 9.59 Å². The molecule has 4 spiro atoms. The van der Waals surface area contributed by atoms with Gasteiger partial charge in [-0.25, -0.2) is 19.2 Å². The Morgan fingerprint density at radius 3 is 1.03 bits per heavy atom. The Morgan fingerprint density at radius 1 is 0.471 bits per heavy atom. The number of allylic oxidation sites excluding steroid dienone is 2. The van der Waals surface area contributed by atoms with Crippen LogP contribution in [0.25, 0.3) is 0 Å². The molecule has 0 amide bonds. The van der Waals surface area contributed by atoms with Crippen molar-refractivity contribution in [1.82, 2.24) is 0 Å². The van der Waals surface area contributed by atoms with Gasteiger partial charge in [0.15, 0.2) is 22.8 Å². The minimum atomic E-state index is -1.89. The van der Waals surface area contributed by atoms with Gasteiger partial charge in [0, 0.05) is 12.8 Å². The van der Waals surface area contributed by atoms with Crippen LogP contribution in [0.5, 0.6) is 11.5 Å². The van der Waals surface area contributed by atoms with E-state index in [4.69, 9.17) is 28.4 Å². The van der Waals surface area contributed by atoms with Crippen molar-refractivity contribution in [3.05, 3.63) is 103 Å². The molecule has 360 valence electrons. The van der Waals surface area contributed by atoms with Crippen molar-refractivity contribution in [3.63, 3.8) is 0 Å². The highest BCUT2D eigenvalue weighted by Crippen LogP contribution is 2.67. The van der Waals surface area contributed by atoms with Gasteiger partial charge in [0.1, 0.15) is 11.5 Å². The summed E-state index contributed by atoms with van der Waals surface area (Å²) in [5.74, 6) is -5.77. The molecular weight excluding hydrogens is 865 g/mol. The summed E-state index contributed by atoms with van der Waals surface area (Å²) in [7, 11) is 4.96. The van der Waals surface area contributed by atoms with Gasteiger partial charge in [-0.1, -0.05) is 131 Å². The maximum Gasteiger partial charge on any atom is 0.335 e. The van der Waals surface area contributed by atoms with Gasteiger partial charge in [0.2, 0.25) is 0 Å². The van der Waals surface area contributed by atoms with E-state index in [0.29, 0.717) is 44.9 Å². The third-order valence-electron chi connectivity index (χ3n) is 15.9. The van der Waals surface area contributed by atoms with E-state index < -0.39 is 91.0 Å². The molecule has 3 heterocycles. The van der Waals surface area contributed by atoms with E-state index in [1.54, 1.807) is 0 Å². The summed E-state index contributed by atoms with van der Waals surface area (Å²) in [5, 5.41) is 0. The van der Waals surface area contributed by atoms with Crippen LogP contribution in [-0.4, -0.2) is 75.1 Å². The molecule has 0 radical (unpaired) electrons. The second kappa shape index (κ2) is 14.4. The maximum atomic E-state index is 16.6. The number of methoxy groups -OCH3 is 4. The summed E-state index contributed by atoms with van der Waals surface area (Å²) >= 11 is 0. The second-order valence-corrected chi connectivity index (χ2v) is 24.1. The van der Waals surface area contributed by atoms with Crippen LogP contribution in [0.3, 0.4) is 0 Å². The first-order chi connectivity index (χ1) is 31.4. The predicted octanol–water partition coefficient (Wildman–Crippen LogP) is 8.06. The van der Waals surface area contributed by atoms with Crippen LogP contribution in [0.2, 0.25) is 0 Å². The molecule has 0 aromatic heterocycles. The summed E-state index contributed by atoms with van der Waals surface area (Å²) in [5.41, 5.74) is -4.64. The van der Waals surface area contributed by atoms with Crippen molar-refractivity contribution in [2.24, 2.45) is 33.5 Å². The highest BCUT2D eigenvalue weighted by molar-refractivity contribution is 6.17. The lowest BCUT2D eigenvalue weighted by atomic mass is 9.47. The number of benzene rings is 2. The summed E-state index contributed by atoms with van der Waals surface area (Å²) in [4.78, 5) is 91.8. The van der Waals surface area contributed by atoms with Gasteiger partial charge >= 0.3 is 23.9 Å². The monoisotopic (exact) mass is 928 g/mol. The lowest BCUT2D eigenvalue weighted by Gasteiger charge is -2.56. The molecule has 2 aromatic carbocycles. The fourth-order valence-electron chi connectivity index (χ4n) is 12.8. The number of Topliss-reactive ketones (excluding diaryl/α,β-unsaturated/α-hetero) is 2. The summed E-state index contributed by atoms with van der Waals surface area (Å²) < 4.78 is 37.1. The van der Waals surface area contributed by atoms with Crippen LogP contribution >= 0.6 is 0 Å². The fourth-order valence-corrected chi connectivity index (χ4v) is 12.8. The van der Waals surface area contributed by atoms with Crippen molar-refractivity contribution < 1.29 is 57.2 Å². The molecular formula is C56H64O12. The Balaban J connectivity index is 1.51. The third kappa shape index (κ3) is 6.09. The largest absolute Gasteiger partial charge is 0.478 e. The molecule has 6 atom stereocenters. The van der Waals surface area contributed by atoms with E-state index in [1.807, 2.05) is 78.0 Å². The Kier molecular flexibility index (Phi) is 10.0. The highest BCUT2D eigenvalue weighted by atomic mass is 16.5. The third-order valence-corrected chi connectivity index (χ3v) is 15.9. The Hall–Kier alpha value is -5.78. The van der Waals surface area contributed by atoms with Gasteiger partial charge in [0.05, 0.1) is 73.4 Å². The zero-order valence-electron chi connectivity index (χ0n) is 42.3. The van der Waals surface area contributed by atoms with Crippen LogP contribution < -0.4 is 9.47 Å². The molecule has 0 saturated carbocycles. The van der Waals surface area contributed by atoms with Crippen LogP contribution in [0.4, 0.5) is 0 Å². The van der Waals surface area contributed by atoms with E-state index in [-0.39, 0.29) is 48.0 Å². The number of esters is 4. The highest BCUT2D eigenvalue weighted by Gasteiger charge is 2.74. The number of hydrogen-bond acceptors (Lipinski definition) is 12. The Labute approximate surface area is 398 Å². The SMILES string of the molecule is COC(=O)C1=C(C(=O)OC)C23C=C(C(C)(C)C)C1[C@]1(Cc4cc(C(C)(C)C)cc(c4O1)CC14C=C(C(C)(C)C)C(C(C(=O)OC)=C1C(=O)OC)[C@@]1(Cc5cc(C(C)(C)C)cc(c5O1)C2)C4=O)C3=O. The molecule has 0 N–H and O–H groups in total. The van der Waals surface area contributed by atoms with Gasteiger partial charge in [-0.05, 0) is 67.9 Å². The molecule has 0 saturated heterocycles. The molecule has 4 unspecified atom stereocenters. The zero-order valence-corrected chi connectivity index (χ0v) is 42.3. The first-order valence-corrected chi connectivity index (χ1v) is 23.5. The summed E-state index contributed by atoms with van der Waals surface area (Å²) in [6.07, 6.45) is 3.29. The number of hydrogen-bond donors (Lipinski definition) is 0. The van der Waals surface area contributed by atoms with Crippen molar-refractivity contribution >= 4 is 35.4 Å². The van der Waals surface area contributed by atoms with Gasteiger partial charge in [-0.3, -0.25) is 9.59 Å². The van der Waals surface area contributed by atoms with E-state index in [9.17, 15) is 19.2 Å². The number of carbonyl (C=O) groups is 6. The molecule has 9 aliphatic rings. The van der Waals surface area contributed by atoms with Crippen molar-refractivity contribution in [3.8, 4) is 11.5 Å². The summed E-state index contributed by atoms with van der Waals surface area (Å²) in [6, 6.07) is 7.92. The van der Waals surface area contributed by atoms with E-state index in [1.165, 1.54) is 28.4 Å². The topological polar surface area (TPSA) is 158 Å². The number of ether oxygens (including phenoxy) is 6. The lowest BCUT2D eigenvalue weighted by molar-refractivity contribution is -0.155. The van der Waals surface area contributed by atoms with Crippen LogP contribution in [0.15, 0.2) is 69.9 Å². The van der Waals surface area contributed by atoms with E-state index in [2.05, 4.69) is 41.5 Å². The molecule has 68 heavy (non-hydrogen) atoms. The molecule has 12 nitrogen and oxygen atoms in total. The molecule has 3 aliphatic heterocycles. The zero-order chi connectivity index (χ0) is 50.0. The second-order valence-electron chi connectivity index (χ2n) is 24.1. The van der Waals surface area contributed by atoms with Gasteiger partial charge in [-0.15, -0.1) is 0 Å². The summed E-state index contributed by atoms with van der Waals surface area (Å²) in [6.45, 7) is 24.4. The average molecular weight is 929 g/mol. The molecule has 12 heteroatoms. The molecule has 11 rings (SSSR count). The molecule has 2 aromatic rings. The van der Waals surface area contributed by atoms with Crippen molar-refractivity contribution in [1.29, 1.82) is 0 Å². The Bertz CT molecular complexity index is 2660. The first kappa shape index (κ1) is 47.3. The Morgan fingerprint density at radius 2 is 0.765 bits per heavy atom. The molecule has 8 bridgehead atoms. The quantitative estimate of drug-likeness (QED) is 0.165. The normalized spacial score (nSPS) is 28.9. The maximum absolute atomic E-state index is 16.6. The van der Waals surface area contributed by atoms with Crippen LogP contribution in [0.1, 0.15) is 116 Å². The van der Waals surface area contributed by atoms with Gasteiger partial charge < -0.3 is 28.4 Å². The number of ketones is 2. The van der Waals surface area contributed by atoms with Crippen molar-refractivity contribution in [2.75, 3.05) is 28.4 Å². The minimum absolute atomic E-state index is 0.00729. The van der Waals surface area contributed by atoms with Crippen LogP contribution in [0, 0.1) is 33.5 Å². The lowest BCUT2D eigenvalue weighted by Crippen LogP contribution is -2.67. The number of carbonyl (C=O) groups excluding carboxylic acids is 6. The predicted molar refractivity (Wildman–Crippen MR) is 251 cm³/mol. The first-order valence-electron chi connectivity index (χ1n) is 23.5. The number of rotatable bonds is 4. The average Bonchev–Trinajstić information content (AvgIpc) is 3.84. The standard InChI is InChI=1S/C56H64O12/c1-49(2,3)31-17-27-21-53-25-33(51(7,8)9)38(36(44(58)64-14)39(53)45(59)65-15)56(47(53)61)24-30-20-32(50(4,5)6)18-28(42(30)68-56)22-54-26-34(52(10,11)12)37(35(43(57)63-13)40(54)46(60)66-16)55(48(54)62)23-29(19-31)41(27)67-55/h17-20,25-26,37-38H,21-24H2,1-16H3/t37?,38?,53?,54?,55-,56+. The molecule has 0 fully saturated rings. The van der Waals surface area contributed by atoms with Crippen molar-refractivity contribution in [2.45, 2.75) is 131 Å². The van der Waals surface area contributed by atoms with E-state index in [0.717, 1.165) is 11.1 Å². The minimum Gasteiger partial charge on any atom is -0.478 e. The van der Waals surface area contributed by atoms with Gasteiger partial charge in [0.25, 0.3) is 0 Å².